The van der Waals surface area contributed by atoms with Gasteiger partial charge in [-0.3, -0.25) is 0 Å². The van der Waals surface area contributed by atoms with Gasteiger partial charge in [-0.1, -0.05) is 24.3 Å². The summed E-state index contributed by atoms with van der Waals surface area (Å²) in [4.78, 5) is 0. The van der Waals surface area contributed by atoms with Gasteiger partial charge < -0.3 is 5.73 Å². The van der Waals surface area contributed by atoms with Crippen molar-refractivity contribution in [1.82, 2.24) is 0 Å². The Bertz CT molecular complexity index is 305. The van der Waals surface area contributed by atoms with Crippen LogP contribution < -0.4 is 5.73 Å². The highest BCUT2D eigenvalue weighted by atomic mass is 32.2. The minimum absolute atomic E-state index is 0.795. The van der Waals surface area contributed by atoms with Gasteiger partial charge in [0.1, 0.15) is 0 Å². The van der Waals surface area contributed by atoms with Crippen molar-refractivity contribution in [3.63, 3.8) is 0 Å². The highest BCUT2D eigenvalue weighted by Gasteiger charge is 2.17. The van der Waals surface area contributed by atoms with Gasteiger partial charge in [-0.15, -0.1) is 0 Å². The lowest BCUT2D eigenvalue weighted by molar-refractivity contribution is 0.775. The number of benzene rings is 1. The van der Waals surface area contributed by atoms with Crippen LogP contribution in [0.2, 0.25) is 0 Å². The van der Waals surface area contributed by atoms with Gasteiger partial charge in [-0.2, -0.15) is 11.8 Å². The summed E-state index contributed by atoms with van der Waals surface area (Å²) in [7, 11) is 0. The zero-order valence-electron chi connectivity index (χ0n) is 9.11. The molecular formula is C13H19NS. The van der Waals surface area contributed by atoms with E-state index < -0.39 is 0 Å². The average Bonchev–Trinajstić information content (AvgIpc) is 2.80. The van der Waals surface area contributed by atoms with Crippen molar-refractivity contribution in [1.29, 1.82) is 0 Å². The third-order valence-corrected chi connectivity index (χ3v) is 4.18. The quantitative estimate of drug-likeness (QED) is 0.846. The molecule has 1 saturated heterocycles. The fourth-order valence-corrected chi connectivity index (χ4v) is 3.37. The van der Waals surface area contributed by atoms with Gasteiger partial charge in [0.05, 0.1) is 0 Å². The molecule has 1 aromatic carbocycles. The maximum absolute atomic E-state index is 5.53. The van der Waals surface area contributed by atoms with Crippen LogP contribution >= 0.6 is 11.8 Å². The molecule has 2 heteroatoms. The normalized spacial score (nSPS) is 20.7. The molecule has 1 fully saturated rings. The van der Waals surface area contributed by atoms with Crippen molar-refractivity contribution in [2.24, 2.45) is 5.73 Å². The Labute approximate surface area is 96.4 Å². The number of hydrogen-bond acceptors (Lipinski definition) is 2. The minimum Gasteiger partial charge on any atom is -0.330 e. The molecule has 0 amide bonds. The third kappa shape index (κ3) is 2.99. The molecular weight excluding hydrogens is 202 g/mol. The van der Waals surface area contributed by atoms with Crippen molar-refractivity contribution >= 4 is 11.8 Å². The predicted octanol–water partition coefficient (Wildman–Crippen LogP) is 2.80. The van der Waals surface area contributed by atoms with E-state index in [0.29, 0.717) is 0 Å². The van der Waals surface area contributed by atoms with E-state index in [2.05, 4.69) is 36.0 Å². The first-order valence-corrected chi connectivity index (χ1v) is 6.92. The van der Waals surface area contributed by atoms with E-state index >= 15 is 0 Å². The summed E-state index contributed by atoms with van der Waals surface area (Å²) in [5.74, 6) is 3.44. The first-order chi connectivity index (χ1) is 7.40. The van der Waals surface area contributed by atoms with E-state index in [-0.39, 0.29) is 0 Å². The molecule has 1 unspecified atom stereocenters. The Hall–Kier alpha value is -0.470. The van der Waals surface area contributed by atoms with Crippen molar-refractivity contribution in [3.05, 3.63) is 35.4 Å². The van der Waals surface area contributed by atoms with E-state index in [1.807, 2.05) is 0 Å². The zero-order chi connectivity index (χ0) is 10.5. The second-order valence-corrected chi connectivity index (χ2v) is 5.35. The van der Waals surface area contributed by atoms with Crippen LogP contribution in [0.15, 0.2) is 24.3 Å². The standard InChI is InChI=1S/C13H19NS/c14-7-2-4-11-3-1-5-12(9-11)13-6-8-15-10-13/h1,3,5,9,13H,2,4,6-8,10,14H2. The largest absolute Gasteiger partial charge is 0.330 e. The van der Waals surface area contributed by atoms with Crippen LogP contribution in [0.1, 0.15) is 29.9 Å². The molecule has 1 atom stereocenters. The Kier molecular flexibility index (Phi) is 4.09. The molecule has 1 heterocycles. The molecule has 0 saturated carbocycles. The molecule has 0 spiro atoms. The minimum atomic E-state index is 0.795. The summed E-state index contributed by atoms with van der Waals surface area (Å²) in [5.41, 5.74) is 8.52. The molecule has 0 bridgehead atoms. The second kappa shape index (κ2) is 5.57. The van der Waals surface area contributed by atoms with E-state index in [1.54, 1.807) is 0 Å². The van der Waals surface area contributed by atoms with Gasteiger partial charge in [-0.25, -0.2) is 0 Å². The monoisotopic (exact) mass is 221 g/mol. The summed E-state index contributed by atoms with van der Waals surface area (Å²) >= 11 is 2.08. The molecule has 0 aliphatic carbocycles. The van der Waals surface area contributed by atoms with Gasteiger partial charge in [0.15, 0.2) is 0 Å². The topological polar surface area (TPSA) is 26.0 Å². The van der Waals surface area contributed by atoms with Crippen molar-refractivity contribution < 1.29 is 0 Å². The molecule has 82 valence electrons. The van der Waals surface area contributed by atoms with E-state index in [9.17, 15) is 0 Å². The Balaban J connectivity index is 2.04. The lowest BCUT2D eigenvalue weighted by atomic mass is 9.96. The van der Waals surface area contributed by atoms with Crippen LogP contribution in [0.25, 0.3) is 0 Å². The Morgan fingerprint density at radius 1 is 1.40 bits per heavy atom. The lowest BCUT2D eigenvalue weighted by Gasteiger charge is -2.10. The van der Waals surface area contributed by atoms with Crippen LogP contribution in [-0.2, 0) is 6.42 Å². The van der Waals surface area contributed by atoms with Crippen LogP contribution in [0, 0.1) is 0 Å². The van der Waals surface area contributed by atoms with Gasteiger partial charge in [0.25, 0.3) is 0 Å². The first kappa shape index (κ1) is 11.0. The first-order valence-electron chi connectivity index (χ1n) is 5.77. The summed E-state index contributed by atoms with van der Waals surface area (Å²) in [6.45, 7) is 0.795. The highest BCUT2D eigenvalue weighted by Crippen LogP contribution is 2.32. The van der Waals surface area contributed by atoms with E-state index in [4.69, 9.17) is 5.73 Å². The maximum Gasteiger partial charge on any atom is 0.000177 e. The Morgan fingerprint density at radius 3 is 3.07 bits per heavy atom. The Morgan fingerprint density at radius 2 is 2.33 bits per heavy atom. The average molecular weight is 221 g/mol. The molecule has 1 aliphatic heterocycles. The van der Waals surface area contributed by atoms with Gasteiger partial charge in [-0.05, 0) is 48.6 Å². The third-order valence-electron chi connectivity index (χ3n) is 3.02. The van der Waals surface area contributed by atoms with Crippen molar-refractivity contribution in [2.75, 3.05) is 18.1 Å². The summed E-state index contributed by atoms with van der Waals surface area (Å²) in [6, 6.07) is 9.08. The summed E-state index contributed by atoms with van der Waals surface area (Å²) in [5, 5.41) is 0. The van der Waals surface area contributed by atoms with Crippen molar-refractivity contribution in [2.45, 2.75) is 25.2 Å². The zero-order valence-corrected chi connectivity index (χ0v) is 9.93. The lowest BCUT2D eigenvalue weighted by Crippen LogP contribution is -2.01. The van der Waals surface area contributed by atoms with E-state index in [1.165, 1.54) is 29.1 Å². The van der Waals surface area contributed by atoms with Gasteiger partial charge >= 0.3 is 0 Å². The molecule has 1 nitrogen and oxygen atoms in total. The number of nitrogens with two attached hydrogens (primary N) is 1. The summed E-state index contributed by atoms with van der Waals surface area (Å²) < 4.78 is 0. The number of rotatable bonds is 4. The van der Waals surface area contributed by atoms with Crippen LogP contribution in [-0.4, -0.2) is 18.1 Å². The van der Waals surface area contributed by atoms with Crippen LogP contribution in [0.4, 0.5) is 0 Å². The second-order valence-electron chi connectivity index (χ2n) is 4.20. The summed E-state index contributed by atoms with van der Waals surface area (Å²) in [6.07, 6.45) is 3.58. The molecule has 0 aromatic heterocycles. The fourth-order valence-electron chi connectivity index (χ4n) is 2.11. The SMILES string of the molecule is NCCCc1cccc(C2CCSC2)c1. The number of hydrogen-bond donors (Lipinski definition) is 1. The van der Waals surface area contributed by atoms with Gasteiger partial charge in [0, 0.05) is 5.75 Å². The fraction of sp³-hybridized carbons (Fsp3) is 0.538. The van der Waals surface area contributed by atoms with Crippen LogP contribution in [0.3, 0.4) is 0 Å². The molecule has 2 N–H and O–H groups in total. The molecule has 1 aromatic rings. The number of thioether (sulfide) groups is 1. The molecule has 1 aliphatic rings. The van der Waals surface area contributed by atoms with Crippen LogP contribution in [0.5, 0.6) is 0 Å². The van der Waals surface area contributed by atoms with Crippen molar-refractivity contribution in [3.8, 4) is 0 Å². The smallest absolute Gasteiger partial charge is 0.000177 e. The van der Waals surface area contributed by atoms with Gasteiger partial charge in [0.2, 0.25) is 0 Å². The van der Waals surface area contributed by atoms with E-state index in [0.717, 1.165) is 25.3 Å². The molecule has 15 heavy (non-hydrogen) atoms. The highest BCUT2D eigenvalue weighted by molar-refractivity contribution is 7.99. The maximum atomic E-state index is 5.53. The molecule has 2 rings (SSSR count). The molecule has 0 radical (unpaired) electrons. The number of aryl methyl sites for hydroxylation is 1. The predicted molar refractivity (Wildman–Crippen MR) is 68.5 cm³/mol.